The molecule has 2 atom stereocenters. The number of amides is 1. The van der Waals surface area contributed by atoms with Crippen LogP contribution in [0.1, 0.15) is 38.5 Å². The molecule has 2 N–H and O–H groups in total. The van der Waals surface area contributed by atoms with E-state index in [0.29, 0.717) is 6.21 Å². The van der Waals surface area contributed by atoms with E-state index < -0.39 is 41.7 Å². The molecule has 0 saturated heterocycles. The van der Waals surface area contributed by atoms with Gasteiger partial charge in [0.1, 0.15) is 11.9 Å². The fourth-order valence-electron chi connectivity index (χ4n) is 2.07. The molecule has 142 valence electrons. The number of carbonyl (C=O) groups excluding carboxylic acids is 3. The number of carbonyl (C=O) groups is 3. The van der Waals surface area contributed by atoms with Gasteiger partial charge < -0.3 is 20.2 Å². The second-order valence-corrected chi connectivity index (χ2v) is 5.71. The van der Waals surface area contributed by atoms with Crippen molar-refractivity contribution in [2.45, 2.75) is 44.9 Å². The largest absolute Gasteiger partial charge is 0.461 e. The number of nitrogens with one attached hydrogen (secondary N) is 2. The third kappa shape index (κ3) is 6.67. The van der Waals surface area contributed by atoms with Crippen molar-refractivity contribution in [3.63, 3.8) is 0 Å². The highest BCUT2D eigenvalue weighted by Gasteiger charge is 2.29. The van der Waals surface area contributed by atoms with Crippen LogP contribution in [-0.4, -0.2) is 48.1 Å². The molecular formula is C17H22FN3O5. The quantitative estimate of drug-likeness (QED) is 0.476. The van der Waals surface area contributed by atoms with Gasteiger partial charge in [-0.3, -0.25) is 14.6 Å². The highest BCUT2D eigenvalue weighted by atomic mass is 19.1. The number of halogens is 1. The fraction of sp³-hybridized carbons (Fsp3) is 0.471. The Bertz CT molecular complexity index is 648. The van der Waals surface area contributed by atoms with Crippen LogP contribution in [0.2, 0.25) is 0 Å². The molecule has 26 heavy (non-hydrogen) atoms. The molecule has 1 aromatic heterocycles. The molecule has 0 saturated carbocycles. The molecule has 0 radical (unpaired) electrons. The van der Waals surface area contributed by atoms with E-state index in [0.717, 1.165) is 12.3 Å². The summed E-state index contributed by atoms with van der Waals surface area (Å²) in [5.74, 6) is -2.43. The Morgan fingerprint density at radius 2 is 2.04 bits per heavy atom. The third-order valence-electron chi connectivity index (χ3n) is 3.29. The lowest BCUT2D eigenvalue weighted by molar-refractivity contribution is -0.152. The van der Waals surface area contributed by atoms with E-state index in [1.807, 2.05) is 0 Å². The molecule has 0 fully saturated rings. The molecular weight excluding hydrogens is 345 g/mol. The van der Waals surface area contributed by atoms with Gasteiger partial charge in [-0.25, -0.2) is 9.18 Å². The predicted molar refractivity (Wildman–Crippen MR) is 90.1 cm³/mol. The van der Waals surface area contributed by atoms with Gasteiger partial charge in [-0.05, 0) is 32.4 Å². The Morgan fingerprint density at radius 3 is 2.54 bits per heavy atom. The Labute approximate surface area is 150 Å². The van der Waals surface area contributed by atoms with Crippen LogP contribution in [-0.2, 0) is 23.9 Å². The standard InChI is InChI=1S/C17H22FN3O5/c1-10(2)26-17(24)14(7-5-12(22)8-19)21-16(23)15(25-3)13-6-4-11(18)9-20-13/h4,6,8-10,14-15,19H,5,7H2,1-3H3,(H,21,23)/t14-,15+/m0/s1. The van der Waals surface area contributed by atoms with Crippen LogP contribution in [0.4, 0.5) is 4.39 Å². The second-order valence-electron chi connectivity index (χ2n) is 5.71. The predicted octanol–water partition coefficient (Wildman–Crippen LogP) is 1.34. The molecule has 0 bridgehead atoms. The highest BCUT2D eigenvalue weighted by Crippen LogP contribution is 2.15. The van der Waals surface area contributed by atoms with Crippen LogP contribution in [0, 0.1) is 11.2 Å². The topological polar surface area (TPSA) is 118 Å². The van der Waals surface area contributed by atoms with Crippen LogP contribution in [0.15, 0.2) is 18.3 Å². The number of rotatable bonds is 10. The van der Waals surface area contributed by atoms with Crippen LogP contribution >= 0.6 is 0 Å². The summed E-state index contributed by atoms with van der Waals surface area (Å²) in [6, 6.07) is 1.34. The molecule has 0 aromatic carbocycles. The summed E-state index contributed by atoms with van der Waals surface area (Å²) in [6.07, 6.45) is -0.109. The lowest BCUT2D eigenvalue weighted by atomic mass is 10.1. The monoisotopic (exact) mass is 367 g/mol. The minimum Gasteiger partial charge on any atom is -0.461 e. The molecule has 0 aliphatic heterocycles. The van der Waals surface area contributed by atoms with Gasteiger partial charge >= 0.3 is 5.97 Å². The van der Waals surface area contributed by atoms with E-state index in [1.54, 1.807) is 13.8 Å². The first kappa shape index (κ1) is 21.4. The lowest BCUT2D eigenvalue weighted by Gasteiger charge is -2.21. The fourth-order valence-corrected chi connectivity index (χ4v) is 2.07. The number of ether oxygens (including phenoxy) is 2. The van der Waals surface area contributed by atoms with Crippen molar-refractivity contribution >= 4 is 23.9 Å². The Hall–Kier alpha value is -2.68. The maximum Gasteiger partial charge on any atom is 0.328 e. The summed E-state index contributed by atoms with van der Waals surface area (Å²) in [6.45, 7) is 3.31. The van der Waals surface area contributed by atoms with Crippen LogP contribution in [0.25, 0.3) is 0 Å². The first-order chi connectivity index (χ1) is 12.3. The number of esters is 1. The van der Waals surface area contributed by atoms with Crippen LogP contribution < -0.4 is 5.32 Å². The van der Waals surface area contributed by atoms with E-state index in [9.17, 15) is 18.8 Å². The first-order valence-corrected chi connectivity index (χ1v) is 7.96. The smallest absolute Gasteiger partial charge is 0.328 e. The van der Waals surface area contributed by atoms with Crippen molar-refractivity contribution in [1.82, 2.24) is 10.3 Å². The van der Waals surface area contributed by atoms with E-state index in [1.165, 1.54) is 13.2 Å². The van der Waals surface area contributed by atoms with Gasteiger partial charge in [0.25, 0.3) is 5.91 Å². The summed E-state index contributed by atoms with van der Waals surface area (Å²) in [4.78, 5) is 39.7. The lowest BCUT2D eigenvalue weighted by Crippen LogP contribution is -2.45. The summed E-state index contributed by atoms with van der Waals surface area (Å²) < 4.78 is 23.2. The zero-order valence-corrected chi connectivity index (χ0v) is 14.8. The zero-order valence-electron chi connectivity index (χ0n) is 14.8. The van der Waals surface area contributed by atoms with Gasteiger partial charge in [-0.1, -0.05) is 0 Å². The molecule has 0 aliphatic rings. The Balaban J connectivity index is 2.89. The van der Waals surface area contributed by atoms with E-state index in [2.05, 4.69) is 10.3 Å². The number of hydrogen-bond donors (Lipinski definition) is 2. The molecule has 0 spiro atoms. The zero-order chi connectivity index (χ0) is 19.7. The summed E-state index contributed by atoms with van der Waals surface area (Å²) in [7, 11) is 1.27. The minimum absolute atomic E-state index is 0.0290. The van der Waals surface area contributed by atoms with Crippen LogP contribution in [0.5, 0.6) is 0 Å². The molecule has 0 aliphatic carbocycles. The molecule has 1 aromatic rings. The molecule has 9 heteroatoms. The number of ketones is 1. The maximum absolute atomic E-state index is 13.0. The van der Waals surface area contributed by atoms with Crippen molar-refractivity contribution in [3.05, 3.63) is 29.8 Å². The second kappa shape index (κ2) is 10.3. The average molecular weight is 367 g/mol. The molecule has 0 unspecified atom stereocenters. The van der Waals surface area contributed by atoms with Gasteiger partial charge in [0.05, 0.1) is 24.2 Å². The molecule has 8 nitrogen and oxygen atoms in total. The summed E-state index contributed by atoms with van der Waals surface area (Å²) in [5, 5.41) is 9.37. The van der Waals surface area contributed by atoms with Gasteiger partial charge in [0, 0.05) is 13.5 Å². The number of hydrogen-bond acceptors (Lipinski definition) is 7. The number of nitrogens with zero attached hydrogens (tertiary/aromatic N) is 1. The number of methoxy groups -OCH3 is 1. The minimum atomic E-state index is -1.16. The number of pyridine rings is 1. The van der Waals surface area contributed by atoms with Crippen molar-refractivity contribution in [1.29, 1.82) is 5.41 Å². The Kier molecular flexibility index (Phi) is 8.50. The van der Waals surface area contributed by atoms with Crippen molar-refractivity contribution < 1.29 is 28.2 Å². The van der Waals surface area contributed by atoms with Crippen LogP contribution in [0.3, 0.4) is 0 Å². The SMILES string of the molecule is CO[C@@H](C(=O)N[C@@H](CCC(=O)C=N)C(=O)OC(C)C)c1ccc(F)cn1. The van der Waals surface area contributed by atoms with E-state index >= 15 is 0 Å². The van der Waals surface area contributed by atoms with E-state index in [4.69, 9.17) is 14.9 Å². The van der Waals surface area contributed by atoms with Crippen molar-refractivity contribution in [2.75, 3.05) is 7.11 Å². The van der Waals surface area contributed by atoms with Crippen molar-refractivity contribution in [2.24, 2.45) is 0 Å². The molecule has 1 rings (SSSR count). The Morgan fingerprint density at radius 1 is 1.35 bits per heavy atom. The normalized spacial score (nSPS) is 13.0. The molecule has 1 amide bonds. The summed E-state index contributed by atoms with van der Waals surface area (Å²) in [5.41, 5.74) is 0.165. The summed E-state index contributed by atoms with van der Waals surface area (Å²) >= 11 is 0. The van der Waals surface area contributed by atoms with Gasteiger partial charge in [0.2, 0.25) is 0 Å². The average Bonchev–Trinajstić information content (AvgIpc) is 2.59. The molecule has 1 heterocycles. The van der Waals surface area contributed by atoms with Crippen molar-refractivity contribution in [3.8, 4) is 0 Å². The first-order valence-electron chi connectivity index (χ1n) is 7.96. The van der Waals surface area contributed by atoms with E-state index in [-0.39, 0.29) is 18.5 Å². The maximum atomic E-state index is 13.0. The van der Waals surface area contributed by atoms with Gasteiger partial charge in [-0.15, -0.1) is 0 Å². The van der Waals surface area contributed by atoms with Gasteiger partial charge in [0.15, 0.2) is 11.9 Å². The highest BCUT2D eigenvalue weighted by molar-refractivity contribution is 6.26. The number of Topliss-reactive ketones (excluding diaryl/α,β-unsaturated/α-hetero) is 1. The number of aromatic nitrogens is 1. The third-order valence-corrected chi connectivity index (χ3v) is 3.29. The van der Waals surface area contributed by atoms with Gasteiger partial charge in [-0.2, -0.15) is 0 Å².